The van der Waals surface area contributed by atoms with Gasteiger partial charge in [-0.1, -0.05) is 12.1 Å². The zero-order valence-corrected chi connectivity index (χ0v) is 11.3. The van der Waals surface area contributed by atoms with E-state index in [2.05, 4.69) is 11.2 Å². The highest BCUT2D eigenvalue weighted by Gasteiger charge is 2.14. The summed E-state index contributed by atoms with van der Waals surface area (Å²) in [6.07, 6.45) is 0. The van der Waals surface area contributed by atoms with E-state index in [0.29, 0.717) is 11.6 Å². The quantitative estimate of drug-likeness (QED) is 0.903. The maximum absolute atomic E-state index is 6.01. The lowest BCUT2D eigenvalue weighted by Gasteiger charge is -2.11. The molecule has 0 unspecified atom stereocenters. The van der Waals surface area contributed by atoms with Crippen molar-refractivity contribution in [3.8, 4) is 11.6 Å². The fourth-order valence-corrected chi connectivity index (χ4v) is 1.82. The number of rotatable bonds is 3. The Bertz CT molecular complexity index is 573. The minimum atomic E-state index is 0.609. The second kappa shape index (κ2) is 4.72. The van der Waals surface area contributed by atoms with Gasteiger partial charge >= 0.3 is 0 Å². The van der Waals surface area contributed by atoms with Crippen LogP contribution in [0.4, 0.5) is 5.69 Å². The lowest BCUT2D eigenvalue weighted by molar-refractivity contribution is 0.415. The molecular formula is C14H19N3O. The molecule has 4 heteroatoms. The molecule has 2 aromatic rings. The summed E-state index contributed by atoms with van der Waals surface area (Å²) in [5, 5.41) is 4.34. The lowest BCUT2D eigenvalue weighted by Crippen LogP contribution is -2.01. The molecule has 2 rings (SSSR count). The number of benzene rings is 1. The van der Waals surface area contributed by atoms with E-state index in [1.807, 2.05) is 39.8 Å². The van der Waals surface area contributed by atoms with Gasteiger partial charge in [-0.25, -0.2) is 4.68 Å². The predicted octanol–water partition coefficient (Wildman–Crippen LogP) is 3.20. The first-order chi connectivity index (χ1) is 8.52. The third-order valence-electron chi connectivity index (χ3n) is 2.98. The third kappa shape index (κ3) is 2.18. The van der Waals surface area contributed by atoms with Crippen LogP contribution in [0.25, 0.3) is 0 Å². The number of nitrogens with two attached hydrogens (primary N) is 1. The van der Waals surface area contributed by atoms with Crippen LogP contribution in [-0.2, 0) is 6.54 Å². The molecule has 0 amide bonds. The van der Waals surface area contributed by atoms with Crippen LogP contribution in [-0.4, -0.2) is 9.78 Å². The average Bonchev–Trinajstić information content (AvgIpc) is 2.61. The van der Waals surface area contributed by atoms with E-state index in [1.165, 1.54) is 0 Å². The van der Waals surface area contributed by atoms with Crippen LogP contribution in [0.2, 0.25) is 0 Å². The number of anilines is 1. The van der Waals surface area contributed by atoms with Gasteiger partial charge in [-0.05, 0) is 44.9 Å². The largest absolute Gasteiger partial charge is 0.437 e. The highest BCUT2D eigenvalue weighted by Crippen LogP contribution is 2.32. The molecule has 1 aromatic heterocycles. The Morgan fingerprint density at radius 2 is 2.00 bits per heavy atom. The van der Waals surface area contributed by atoms with Gasteiger partial charge in [0.25, 0.3) is 0 Å². The maximum Gasteiger partial charge on any atom is 0.241 e. The van der Waals surface area contributed by atoms with E-state index in [-0.39, 0.29) is 0 Å². The monoisotopic (exact) mass is 245 g/mol. The summed E-state index contributed by atoms with van der Waals surface area (Å²) in [5.41, 5.74) is 9.66. The van der Waals surface area contributed by atoms with E-state index >= 15 is 0 Å². The summed E-state index contributed by atoms with van der Waals surface area (Å²) in [7, 11) is 0. The fourth-order valence-electron chi connectivity index (χ4n) is 1.82. The first-order valence-electron chi connectivity index (χ1n) is 6.11. The molecule has 96 valence electrons. The van der Waals surface area contributed by atoms with Crippen molar-refractivity contribution in [3.05, 3.63) is 35.0 Å². The van der Waals surface area contributed by atoms with Crippen LogP contribution in [0.1, 0.15) is 23.7 Å². The van der Waals surface area contributed by atoms with Crippen molar-refractivity contribution >= 4 is 5.69 Å². The molecule has 0 bridgehead atoms. The maximum atomic E-state index is 6.01. The Morgan fingerprint density at radius 1 is 1.28 bits per heavy atom. The van der Waals surface area contributed by atoms with Crippen molar-refractivity contribution in [2.24, 2.45) is 0 Å². The minimum Gasteiger partial charge on any atom is -0.437 e. The van der Waals surface area contributed by atoms with Gasteiger partial charge in [0, 0.05) is 6.54 Å². The average molecular weight is 245 g/mol. The molecule has 0 aliphatic carbocycles. The Kier molecular flexibility index (Phi) is 3.28. The van der Waals surface area contributed by atoms with Gasteiger partial charge in [0.2, 0.25) is 5.88 Å². The molecule has 0 aliphatic rings. The summed E-state index contributed by atoms with van der Waals surface area (Å²) in [6.45, 7) is 8.69. The van der Waals surface area contributed by atoms with E-state index in [0.717, 1.165) is 29.1 Å². The van der Waals surface area contributed by atoms with Gasteiger partial charge < -0.3 is 10.5 Å². The smallest absolute Gasteiger partial charge is 0.241 e. The van der Waals surface area contributed by atoms with Gasteiger partial charge in [0.1, 0.15) is 11.4 Å². The van der Waals surface area contributed by atoms with Crippen LogP contribution in [0.3, 0.4) is 0 Å². The number of nitrogens with zero attached hydrogens (tertiary/aromatic N) is 2. The summed E-state index contributed by atoms with van der Waals surface area (Å²) >= 11 is 0. The molecule has 4 nitrogen and oxygen atoms in total. The van der Waals surface area contributed by atoms with Crippen molar-refractivity contribution in [2.75, 3.05) is 5.73 Å². The van der Waals surface area contributed by atoms with Gasteiger partial charge in [-0.2, -0.15) is 5.10 Å². The third-order valence-corrected chi connectivity index (χ3v) is 2.98. The molecule has 0 saturated heterocycles. The van der Waals surface area contributed by atoms with Gasteiger partial charge in [-0.15, -0.1) is 0 Å². The number of nitrogen functional groups attached to an aromatic ring is 1. The molecule has 2 N–H and O–H groups in total. The summed E-state index contributed by atoms with van der Waals surface area (Å²) < 4.78 is 7.72. The highest BCUT2D eigenvalue weighted by atomic mass is 16.5. The van der Waals surface area contributed by atoms with Crippen LogP contribution < -0.4 is 10.5 Å². The highest BCUT2D eigenvalue weighted by molar-refractivity contribution is 5.54. The van der Waals surface area contributed by atoms with Crippen molar-refractivity contribution in [2.45, 2.75) is 34.2 Å². The Morgan fingerprint density at radius 3 is 2.67 bits per heavy atom. The molecule has 0 radical (unpaired) electrons. The molecule has 1 heterocycles. The fraction of sp³-hybridized carbons (Fsp3) is 0.357. The number of aromatic nitrogens is 2. The van der Waals surface area contributed by atoms with Crippen molar-refractivity contribution in [1.82, 2.24) is 9.78 Å². The van der Waals surface area contributed by atoms with E-state index in [4.69, 9.17) is 10.5 Å². The lowest BCUT2D eigenvalue weighted by atomic mass is 10.1. The molecule has 0 atom stereocenters. The Balaban J connectivity index is 2.42. The minimum absolute atomic E-state index is 0.609. The van der Waals surface area contributed by atoms with Crippen LogP contribution in [0, 0.1) is 20.8 Å². The molecule has 0 spiro atoms. The summed E-state index contributed by atoms with van der Waals surface area (Å²) in [5.74, 6) is 1.46. The van der Waals surface area contributed by atoms with E-state index < -0.39 is 0 Å². The summed E-state index contributed by atoms with van der Waals surface area (Å²) in [4.78, 5) is 0. The van der Waals surface area contributed by atoms with Crippen LogP contribution in [0.5, 0.6) is 11.6 Å². The normalized spacial score (nSPS) is 10.7. The molecule has 0 fully saturated rings. The Labute approximate surface area is 107 Å². The summed E-state index contributed by atoms with van der Waals surface area (Å²) in [6, 6.07) is 6.12. The second-order valence-corrected chi connectivity index (χ2v) is 4.49. The molecule has 18 heavy (non-hydrogen) atoms. The molecular weight excluding hydrogens is 226 g/mol. The number of hydrogen-bond donors (Lipinski definition) is 1. The van der Waals surface area contributed by atoms with Crippen LogP contribution >= 0.6 is 0 Å². The zero-order valence-electron chi connectivity index (χ0n) is 11.3. The van der Waals surface area contributed by atoms with E-state index in [1.54, 1.807) is 4.68 Å². The molecule has 1 aromatic carbocycles. The Hall–Kier alpha value is -1.97. The first kappa shape index (κ1) is 12.5. The number of aryl methyl sites for hydroxylation is 4. The van der Waals surface area contributed by atoms with Gasteiger partial charge in [0.05, 0.1) is 5.69 Å². The van der Waals surface area contributed by atoms with Crippen molar-refractivity contribution < 1.29 is 4.74 Å². The van der Waals surface area contributed by atoms with Gasteiger partial charge in [0.15, 0.2) is 0 Å². The number of ether oxygens (including phenoxy) is 1. The van der Waals surface area contributed by atoms with Crippen molar-refractivity contribution in [1.29, 1.82) is 0 Å². The standard InChI is InChI=1S/C14H19N3O/c1-5-17-14(13(15)11(4)16-17)18-12-8-9(2)6-7-10(12)3/h6-8H,5,15H2,1-4H3. The van der Waals surface area contributed by atoms with E-state index in [9.17, 15) is 0 Å². The van der Waals surface area contributed by atoms with Gasteiger partial charge in [-0.3, -0.25) is 0 Å². The topological polar surface area (TPSA) is 53.1 Å². The first-order valence-corrected chi connectivity index (χ1v) is 6.11. The molecule has 0 aliphatic heterocycles. The second-order valence-electron chi connectivity index (χ2n) is 4.49. The van der Waals surface area contributed by atoms with Crippen molar-refractivity contribution in [3.63, 3.8) is 0 Å². The predicted molar refractivity (Wildman–Crippen MR) is 73.0 cm³/mol. The zero-order chi connectivity index (χ0) is 13.3. The molecule has 0 saturated carbocycles. The van der Waals surface area contributed by atoms with Crippen LogP contribution in [0.15, 0.2) is 18.2 Å². The number of hydrogen-bond acceptors (Lipinski definition) is 3. The SMILES string of the molecule is CCn1nc(C)c(N)c1Oc1cc(C)ccc1C.